The Kier molecular flexibility index (Phi) is 6.01. The fourth-order valence-corrected chi connectivity index (χ4v) is 3.31. The summed E-state index contributed by atoms with van der Waals surface area (Å²) in [6.45, 7) is 8.57. The third kappa shape index (κ3) is 4.33. The van der Waals surface area contributed by atoms with Crippen LogP contribution < -0.4 is 5.32 Å². The van der Waals surface area contributed by atoms with Crippen LogP contribution in [0.4, 0.5) is 0 Å². The molecule has 22 heavy (non-hydrogen) atoms. The summed E-state index contributed by atoms with van der Waals surface area (Å²) in [6.07, 6.45) is 4.13. The molecular formula is C19H30N2O. The Morgan fingerprint density at radius 1 is 1.32 bits per heavy atom. The molecule has 1 unspecified atom stereocenters. The second-order valence-corrected chi connectivity index (χ2v) is 6.77. The van der Waals surface area contributed by atoms with E-state index in [0.29, 0.717) is 6.42 Å². The first-order valence-electron chi connectivity index (χ1n) is 8.52. The lowest BCUT2D eigenvalue weighted by molar-refractivity contribution is -0.132. The van der Waals surface area contributed by atoms with Gasteiger partial charge in [0.1, 0.15) is 0 Å². The number of rotatable bonds is 5. The SMILES string of the molecule is Cc1ccc(C)c(C(C)N(C)C(=O)CCC2CCNCC2)c1. The van der Waals surface area contributed by atoms with E-state index in [4.69, 9.17) is 0 Å². The summed E-state index contributed by atoms with van der Waals surface area (Å²) in [7, 11) is 1.94. The fraction of sp³-hybridized carbons (Fsp3) is 0.632. The second kappa shape index (κ2) is 7.77. The van der Waals surface area contributed by atoms with Gasteiger partial charge in [0, 0.05) is 13.5 Å². The highest BCUT2D eigenvalue weighted by atomic mass is 16.2. The molecule has 0 aromatic heterocycles. The molecule has 0 saturated carbocycles. The Balaban J connectivity index is 1.92. The van der Waals surface area contributed by atoms with Gasteiger partial charge in [-0.2, -0.15) is 0 Å². The predicted molar refractivity (Wildman–Crippen MR) is 91.9 cm³/mol. The number of benzene rings is 1. The maximum atomic E-state index is 12.5. The summed E-state index contributed by atoms with van der Waals surface area (Å²) >= 11 is 0. The monoisotopic (exact) mass is 302 g/mol. The minimum atomic E-state index is 0.139. The molecule has 0 radical (unpaired) electrons. The zero-order valence-corrected chi connectivity index (χ0v) is 14.5. The largest absolute Gasteiger partial charge is 0.339 e. The summed E-state index contributed by atoms with van der Waals surface area (Å²) in [5, 5.41) is 3.38. The molecule has 3 nitrogen and oxygen atoms in total. The van der Waals surface area contributed by atoms with Crippen molar-refractivity contribution in [1.29, 1.82) is 0 Å². The van der Waals surface area contributed by atoms with Crippen LogP contribution in [-0.2, 0) is 4.79 Å². The van der Waals surface area contributed by atoms with Gasteiger partial charge >= 0.3 is 0 Å². The van der Waals surface area contributed by atoms with Crippen LogP contribution in [0.25, 0.3) is 0 Å². The number of amides is 1. The average molecular weight is 302 g/mol. The standard InChI is InChI=1S/C19H30N2O/c1-14-5-6-15(2)18(13-14)16(3)21(4)19(22)8-7-17-9-11-20-12-10-17/h5-6,13,16-17,20H,7-12H2,1-4H3. The minimum Gasteiger partial charge on any atom is -0.339 e. The first-order valence-corrected chi connectivity index (χ1v) is 8.52. The van der Waals surface area contributed by atoms with Gasteiger partial charge in [-0.05, 0) is 70.2 Å². The van der Waals surface area contributed by atoms with Gasteiger partial charge in [-0.25, -0.2) is 0 Å². The molecule has 0 bridgehead atoms. The van der Waals surface area contributed by atoms with E-state index in [0.717, 1.165) is 25.4 Å². The van der Waals surface area contributed by atoms with Crippen molar-refractivity contribution >= 4 is 5.91 Å². The van der Waals surface area contributed by atoms with Crippen molar-refractivity contribution in [1.82, 2.24) is 10.2 Å². The number of nitrogens with one attached hydrogen (secondary N) is 1. The molecule has 1 saturated heterocycles. The fourth-order valence-electron chi connectivity index (χ4n) is 3.31. The van der Waals surface area contributed by atoms with Crippen LogP contribution in [0.1, 0.15) is 55.3 Å². The average Bonchev–Trinajstić information content (AvgIpc) is 2.54. The third-order valence-corrected chi connectivity index (χ3v) is 5.08. The van der Waals surface area contributed by atoms with Gasteiger partial charge < -0.3 is 10.2 Å². The van der Waals surface area contributed by atoms with E-state index < -0.39 is 0 Å². The number of hydrogen-bond acceptors (Lipinski definition) is 2. The molecule has 0 spiro atoms. The molecule has 1 aliphatic heterocycles. The molecule has 1 N–H and O–H groups in total. The van der Waals surface area contributed by atoms with Crippen LogP contribution in [-0.4, -0.2) is 30.9 Å². The highest BCUT2D eigenvalue weighted by Gasteiger charge is 2.21. The molecule has 1 heterocycles. The number of piperidine rings is 1. The summed E-state index contributed by atoms with van der Waals surface area (Å²) in [5.74, 6) is 0.988. The van der Waals surface area contributed by atoms with Gasteiger partial charge in [0.2, 0.25) is 5.91 Å². The van der Waals surface area contributed by atoms with E-state index in [1.807, 2.05) is 11.9 Å². The van der Waals surface area contributed by atoms with Crippen molar-refractivity contribution in [3.8, 4) is 0 Å². The molecular weight excluding hydrogens is 272 g/mol. The Morgan fingerprint density at radius 2 is 2.00 bits per heavy atom. The smallest absolute Gasteiger partial charge is 0.222 e. The van der Waals surface area contributed by atoms with Gasteiger partial charge in [0.05, 0.1) is 6.04 Å². The van der Waals surface area contributed by atoms with Crippen molar-refractivity contribution < 1.29 is 4.79 Å². The normalized spacial score (nSPS) is 17.3. The van der Waals surface area contributed by atoms with Crippen LogP contribution in [0.15, 0.2) is 18.2 Å². The number of carbonyl (C=O) groups is 1. The summed E-state index contributed by atoms with van der Waals surface area (Å²) < 4.78 is 0. The zero-order valence-electron chi connectivity index (χ0n) is 14.5. The van der Waals surface area contributed by atoms with Crippen LogP contribution in [0.3, 0.4) is 0 Å². The number of carbonyl (C=O) groups excluding carboxylic acids is 1. The predicted octanol–water partition coefficient (Wildman–Crippen LogP) is 3.60. The quantitative estimate of drug-likeness (QED) is 0.901. The van der Waals surface area contributed by atoms with Crippen LogP contribution >= 0.6 is 0 Å². The Hall–Kier alpha value is -1.35. The van der Waals surface area contributed by atoms with E-state index >= 15 is 0 Å². The van der Waals surface area contributed by atoms with E-state index in [1.54, 1.807) is 0 Å². The van der Waals surface area contributed by atoms with Gasteiger partial charge in [-0.1, -0.05) is 23.8 Å². The maximum absolute atomic E-state index is 12.5. The van der Waals surface area contributed by atoms with Gasteiger partial charge in [0.25, 0.3) is 0 Å². The number of hydrogen-bond donors (Lipinski definition) is 1. The molecule has 1 amide bonds. The summed E-state index contributed by atoms with van der Waals surface area (Å²) in [5.41, 5.74) is 3.77. The maximum Gasteiger partial charge on any atom is 0.222 e. The van der Waals surface area contributed by atoms with E-state index in [-0.39, 0.29) is 11.9 Å². The minimum absolute atomic E-state index is 0.139. The highest BCUT2D eigenvalue weighted by molar-refractivity contribution is 5.76. The molecule has 1 atom stereocenters. The van der Waals surface area contributed by atoms with E-state index in [9.17, 15) is 4.79 Å². The van der Waals surface area contributed by atoms with Crippen molar-refractivity contribution in [3.05, 3.63) is 34.9 Å². The van der Waals surface area contributed by atoms with E-state index in [1.165, 1.54) is 29.5 Å². The Labute approximate surface area is 135 Å². The Morgan fingerprint density at radius 3 is 2.68 bits per heavy atom. The summed E-state index contributed by atoms with van der Waals surface area (Å²) in [4.78, 5) is 14.4. The van der Waals surface area contributed by atoms with Crippen molar-refractivity contribution in [2.75, 3.05) is 20.1 Å². The van der Waals surface area contributed by atoms with Crippen LogP contribution in [0.2, 0.25) is 0 Å². The summed E-state index contributed by atoms with van der Waals surface area (Å²) in [6, 6.07) is 6.62. The molecule has 3 heteroatoms. The first-order chi connectivity index (χ1) is 10.5. The number of nitrogens with zero attached hydrogens (tertiary/aromatic N) is 1. The Bertz CT molecular complexity index is 506. The van der Waals surface area contributed by atoms with E-state index in [2.05, 4.69) is 44.3 Å². The first kappa shape index (κ1) is 17.0. The highest BCUT2D eigenvalue weighted by Crippen LogP contribution is 2.25. The van der Waals surface area contributed by atoms with Crippen LogP contribution in [0, 0.1) is 19.8 Å². The van der Waals surface area contributed by atoms with Crippen molar-refractivity contribution in [2.45, 2.75) is 52.5 Å². The number of aryl methyl sites for hydroxylation is 2. The molecule has 1 aromatic rings. The van der Waals surface area contributed by atoms with Gasteiger partial charge in [-0.3, -0.25) is 4.79 Å². The van der Waals surface area contributed by atoms with Gasteiger partial charge in [0.15, 0.2) is 0 Å². The second-order valence-electron chi connectivity index (χ2n) is 6.77. The van der Waals surface area contributed by atoms with Crippen molar-refractivity contribution in [2.24, 2.45) is 5.92 Å². The lowest BCUT2D eigenvalue weighted by Crippen LogP contribution is -2.32. The zero-order chi connectivity index (χ0) is 16.1. The van der Waals surface area contributed by atoms with Crippen molar-refractivity contribution in [3.63, 3.8) is 0 Å². The molecule has 2 rings (SSSR count). The molecule has 1 aromatic carbocycles. The van der Waals surface area contributed by atoms with Crippen LogP contribution in [0.5, 0.6) is 0 Å². The molecule has 0 aliphatic carbocycles. The van der Waals surface area contributed by atoms with Gasteiger partial charge in [-0.15, -0.1) is 0 Å². The lowest BCUT2D eigenvalue weighted by atomic mass is 9.92. The lowest BCUT2D eigenvalue weighted by Gasteiger charge is -2.28. The molecule has 1 fully saturated rings. The molecule has 1 aliphatic rings. The topological polar surface area (TPSA) is 32.3 Å². The molecule has 122 valence electrons. The third-order valence-electron chi connectivity index (χ3n) is 5.08.